The zero-order valence-electron chi connectivity index (χ0n) is 42.7. The van der Waals surface area contributed by atoms with Crippen molar-refractivity contribution in [1.82, 2.24) is 0 Å². The summed E-state index contributed by atoms with van der Waals surface area (Å²) in [4.78, 5) is 61.4. The smallest absolute Gasteiger partial charge is 0.303 e. The van der Waals surface area contributed by atoms with Crippen LogP contribution in [0.15, 0.2) is 12.2 Å². The van der Waals surface area contributed by atoms with Crippen LogP contribution in [-0.2, 0) is 66.6 Å². The number of carbonyl (C=O) groups excluding carboxylic acids is 5. The molecule has 69 heavy (non-hydrogen) atoms. The molecular formula is C52H80O17. The standard InChI is InChI=1S/C52H80O17/c1-26(2)32-15-20-52(25-62-28(4)55)22-21-50(11)33(39(32)52)13-14-37-49(10)18-17-38(48(8,9)36(49)16-19-51(37,50)12)68-43-40(59)41(34(23-53)66-46(43)60)69-47-45(65-31(7)58)44(64-30(6)57)42(63-29(5)56)35(67-47)24-61-27(3)54/h32-47,53,59-60H,1,13-25H2,2-12H3/t32-,33+,34+,35+,36-,37+,38?,39+,40-,41+,42+,43+,44-,45+,46+,47+,49-,50+,51+,52+/m0/s1. The molecule has 20 atom stereocenters. The molecule has 7 rings (SSSR count). The lowest BCUT2D eigenvalue weighted by Gasteiger charge is -2.73. The average molecular weight is 977 g/mol. The molecule has 3 N–H and O–H groups in total. The van der Waals surface area contributed by atoms with E-state index in [-0.39, 0.29) is 33.5 Å². The van der Waals surface area contributed by atoms with Crippen LogP contribution in [0.4, 0.5) is 0 Å². The number of ether oxygens (including phenoxy) is 9. The molecular weight excluding hydrogens is 897 g/mol. The van der Waals surface area contributed by atoms with E-state index >= 15 is 0 Å². The first-order valence-electron chi connectivity index (χ1n) is 25.3. The molecule has 17 heteroatoms. The number of fused-ring (bicyclic) bond motifs is 7. The molecule has 5 saturated carbocycles. The van der Waals surface area contributed by atoms with Crippen molar-refractivity contribution in [3.8, 4) is 0 Å². The molecule has 5 aliphatic carbocycles. The van der Waals surface area contributed by atoms with Gasteiger partial charge in [-0.2, -0.15) is 0 Å². The van der Waals surface area contributed by atoms with Crippen LogP contribution in [0.5, 0.6) is 0 Å². The summed E-state index contributed by atoms with van der Waals surface area (Å²) in [6, 6.07) is 0. The van der Waals surface area contributed by atoms with Crippen LogP contribution >= 0.6 is 0 Å². The molecule has 0 radical (unpaired) electrons. The topological polar surface area (TPSA) is 229 Å². The molecule has 1 unspecified atom stereocenters. The van der Waals surface area contributed by atoms with Crippen molar-refractivity contribution >= 4 is 29.8 Å². The predicted molar refractivity (Wildman–Crippen MR) is 245 cm³/mol. The highest BCUT2D eigenvalue weighted by Crippen LogP contribution is 2.77. The van der Waals surface area contributed by atoms with E-state index < -0.39 is 110 Å². The van der Waals surface area contributed by atoms with Gasteiger partial charge in [-0.3, -0.25) is 24.0 Å². The quantitative estimate of drug-likeness (QED) is 0.118. The van der Waals surface area contributed by atoms with Gasteiger partial charge in [-0.1, -0.05) is 46.8 Å². The first-order valence-corrected chi connectivity index (χ1v) is 25.3. The fourth-order valence-corrected chi connectivity index (χ4v) is 16.0. The van der Waals surface area contributed by atoms with Gasteiger partial charge in [-0.25, -0.2) is 0 Å². The van der Waals surface area contributed by atoms with Gasteiger partial charge < -0.3 is 58.0 Å². The number of allylic oxidation sites excluding steroid dienone is 1. The molecule has 7 fully saturated rings. The Morgan fingerprint density at radius 3 is 1.86 bits per heavy atom. The van der Waals surface area contributed by atoms with E-state index in [9.17, 15) is 39.3 Å². The van der Waals surface area contributed by atoms with Crippen molar-refractivity contribution in [3.63, 3.8) is 0 Å². The van der Waals surface area contributed by atoms with Crippen LogP contribution in [0.1, 0.15) is 140 Å². The number of rotatable bonds is 13. The predicted octanol–water partition coefficient (Wildman–Crippen LogP) is 5.50. The largest absolute Gasteiger partial charge is 0.465 e. The van der Waals surface area contributed by atoms with Crippen molar-refractivity contribution in [1.29, 1.82) is 0 Å². The molecule has 2 aliphatic heterocycles. The molecule has 0 aromatic carbocycles. The maximum atomic E-state index is 12.6. The highest BCUT2D eigenvalue weighted by atomic mass is 16.8. The number of esters is 5. The van der Waals surface area contributed by atoms with Gasteiger partial charge in [0.1, 0.15) is 37.1 Å². The number of hydrogen-bond acceptors (Lipinski definition) is 17. The molecule has 2 saturated heterocycles. The maximum Gasteiger partial charge on any atom is 0.303 e. The molecule has 17 nitrogen and oxygen atoms in total. The van der Waals surface area contributed by atoms with Gasteiger partial charge in [-0.15, -0.1) is 0 Å². The minimum Gasteiger partial charge on any atom is -0.465 e. The van der Waals surface area contributed by atoms with E-state index in [0.29, 0.717) is 36.7 Å². The van der Waals surface area contributed by atoms with Crippen LogP contribution in [0.3, 0.4) is 0 Å². The van der Waals surface area contributed by atoms with Gasteiger partial charge in [0.2, 0.25) is 0 Å². The summed E-state index contributed by atoms with van der Waals surface area (Å²) < 4.78 is 53.0. The van der Waals surface area contributed by atoms with Gasteiger partial charge in [0.25, 0.3) is 0 Å². The molecule has 0 amide bonds. The number of hydrogen-bond donors (Lipinski definition) is 3. The molecule has 0 aromatic heterocycles. The zero-order valence-corrected chi connectivity index (χ0v) is 42.7. The van der Waals surface area contributed by atoms with E-state index in [1.54, 1.807) is 0 Å². The summed E-state index contributed by atoms with van der Waals surface area (Å²) >= 11 is 0. The number of aliphatic hydroxyl groups is 3. The third-order valence-electron chi connectivity index (χ3n) is 19.1. The summed E-state index contributed by atoms with van der Waals surface area (Å²) in [6.07, 6.45) is -5.56. The highest BCUT2D eigenvalue weighted by Gasteiger charge is 2.71. The Hall–Kier alpha value is -3.19. The van der Waals surface area contributed by atoms with E-state index in [4.69, 9.17) is 42.6 Å². The lowest BCUT2D eigenvalue weighted by molar-refractivity contribution is -0.365. The molecule has 0 aromatic rings. The minimum atomic E-state index is -1.69. The summed E-state index contributed by atoms with van der Waals surface area (Å²) in [6.45, 7) is 24.0. The van der Waals surface area contributed by atoms with Crippen molar-refractivity contribution in [2.45, 2.75) is 208 Å². The van der Waals surface area contributed by atoms with E-state index in [1.165, 1.54) is 12.5 Å². The highest BCUT2D eigenvalue weighted by molar-refractivity contribution is 5.69. The summed E-state index contributed by atoms with van der Waals surface area (Å²) in [5.74, 6) is -1.41. The van der Waals surface area contributed by atoms with E-state index in [0.717, 1.165) is 85.5 Å². The Morgan fingerprint density at radius 1 is 0.609 bits per heavy atom. The fourth-order valence-electron chi connectivity index (χ4n) is 16.0. The third-order valence-corrected chi connectivity index (χ3v) is 19.1. The lowest BCUT2D eigenvalue weighted by atomic mass is 9.32. The molecule has 0 spiro atoms. The molecule has 7 aliphatic rings. The van der Waals surface area contributed by atoms with Crippen molar-refractivity contribution in [2.24, 2.45) is 56.7 Å². The maximum absolute atomic E-state index is 12.6. The van der Waals surface area contributed by atoms with Crippen molar-refractivity contribution in [2.75, 3.05) is 19.8 Å². The monoisotopic (exact) mass is 977 g/mol. The minimum absolute atomic E-state index is 0.0257. The zero-order chi connectivity index (χ0) is 50.8. The van der Waals surface area contributed by atoms with Crippen LogP contribution in [-0.4, -0.2) is 133 Å². The first kappa shape index (κ1) is 53.6. The normalized spacial score (nSPS) is 45.5. The summed E-state index contributed by atoms with van der Waals surface area (Å²) in [5, 5.41) is 34.3. The number of aliphatic hydroxyl groups excluding tert-OH is 3. The number of carbonyl (C=O) groups is 5. The van der Waals surface area contributed by atoms with Gasteiger partial charge in [0.05, 0.1) is 19.3 Å². The van der Waals surface area contributed by atoms with Gasteiger partial charge in [0.15, 0.2) is 30.9 Å². The van der Waals surface area contributed by atoms with Crippen LogP contribution in [0.25, 0.3) is 0 Å². The Labute approximate surface area is 407 Å². The second-order valence-electron chi connectivity index (χ2n) is 23.2. The van der Waals surface area contributed by atoms with Crippen molar-refractivity contribution < 1.29 is 81.9 Å². The van der Waals surface area contributed by atoms with Gasteiger partial charge >= 0.3 is 29.8 Å². The summed E-state index contributed by atoms with van der Waals surface area (Å²) in [7, 11) is 0. The first-order chi connectivity index (χ1) is 32.2. The second-order valence-corrected chi connectivity index (χ2v) is 23.2. The van der Waals surface area contributed by atoms with E-state index in [1.807, 2.05) is 0 Å². The summed E-state index contributed by atoms with van der Waals surface area (Å²) in [5.41, 5.74) is 0.874. The lowest BCUT2D eigenvalue weighted by Crippen LogP contribution is -2.68. The Morgan fingerprint density at radius 2 is 1.25 bits per heavy atom. The second kappa shape index (κ2) is 20.0. The Balaban J connectivity index is 1.12. The van der Waals surface area contributed by atoms with Gasteiger partial charge in [-0.05, 0) is 122 Å². The van der Waals surface area contributed by atoms with Gasteiger partial charge in [0, 0.05) is 40.0 Å². The molecule has 390 valence electrons. The van der Waals surface area contributed by atoms with E-state index in [2.05, 4.69) is 48.1 Å². The fraction of sp³-hybridized carbons (Fsp3) is 0.865. The Kier molecular flexibility index (Phi) is 15.6. The van der Waals surface area contributed by atoms with Crippen LogP contribution < -0.4 is 0 Å². The van der Waals surface area contributed by atoms with Crippen molar-refractivity contribution in [3.05, 3.63) is 12.2 Å². The third kappa shape index (κ3) is 9.65. The Bertz CT molecular complexity index is 1960. The van der Waals surface area contributed by atoms with Crippen LogP contribution in [0, 0.1) is 56.7 Å². The SMILES string of the molecule is C=C(C)[C@@H]1CC[C@]2(COC(C)=O)CC[C@]3(C)[C@H](CC[C@@H]4[C@@]5(C)CCC(O[C@@H]6[C@@H](O)[C@H](O[C@H]7O[C@H](COC(C)=O)[C@@H](OC(C)=O)[C@H](OC(C)=O)[C@H]7OC(C)=O)[C@@H](CO)O[C@H]6O)C(C)(C)[C@@H]5CC[C@]43C)[C@@H]12. The molecule has 2 heterocycles. The average Bonchev–Trinajstić information content (AvgIpc) is 3.64. The van der Waals surface area contributed by atoms with Crippen LogP contribution in [0.2, 0.25) is 0 Å². The molecule has 0 bridgehead atoms.